The Morgan fingerprint density at radius 3 is 2.83 bits per heavy atom. The predicted octanol–water partition coefficient (Wildman–Crippen LogP) is 0.583. The molecule has 2 heterocycles. The highest BCUT2D eigenvalue weighted by Gasteiger charge is 2.31. The predicted molar refractivity (Wildman–Crippen MR) is 79.3 cm³/mol. The summed E-state index contributed by atoms with van der Waals surface area (Å²) in [6.07, 6.45) is 1.24. The van der Waals surface area contributed by atoms with Gasteiger partial charge < -0.3 is 14.7 Å². The minimum atomic E-state index is -0.966. The van der Waals surface area contributed by atoms with Gasteiger partial charge in [0.15, 0.2) is 5.69 Å². The summed E-state index contributed by atoms with van der Waals surface area (Å²) in [6, 6.07) is 8.75. The summed E-state index contributed by atoms with van der Waals surface area (Å²) in [5.41, 5.74) is 0.932. The van der Waals surface area contributed by atoms with Crippen molar-refractivity contribution in [2.75, 3.05) is 19.8 Å². The average molecular weight is 316 g/mol. The number of carboxylic acids is 1. The Balaban J connectivity index is 1.79. The zero-order chi connectivity index (χ0) is 16.2. The Morgan fingerprint density at radius 1 is 1.30 bits per heavy atom. The van der Waals surface area contributed by atoms with Gasteiger partial charge in [-0.1, -0.05) is 18.2 Å². The van der Waals surface area contributed by atoms with Gasteiger partial charge in [0.1, 0.15) is 0 Å². The highest BCUT2D eigenvalue weighted by Crippen LogP contribution is 2.14. The van der Waals surface area contributed by atoms with Gasteiger partial charge in [-0.25, -0.2) is 0 Å². The van der Waals surface area contributed by atoms with Crippen molar-refractivity contribution in [3.63, 3.8) is 0 Å². The van der Waals surface area contributed by atoms with Gasteiger partial charge >= 0.3 is 5.97 Å². The Labute approximate surface area is 132 Å². The molecule has 0 aliphatic carbocycles. The minimum Gasteiger partial charge on any atom is -0.481 e. The van der Waals surface area contributed by atoms with E-state index in [4.69, 9.17) is 9.84 Å². The maximum atomic E-state index is 12.6. The molecule has 1 saturated heterocycles. The van der Waals surface area contributed by atoms with Crippen LogP contribution in [0.1, 0.15) is 16.9 Å². The molecule has 1 fully saturated rings. The van der Waals surface area contributed by atoms with Crippen LogP contribution in [-0.2, 0) is 9.53 Å². The van der Waals surface area contributed by atoms with Crippen molar-refractivity contribution >= 4 is 11.9 Å². The summed E-state index contributed by atoms with van der Waals surface area (Å²) in [5.74, 6) is -1.30. The van der Waals surface area contributed by atoms with Gasteiger partial charge in [0.25, 0.3) is 5.91 Å². The molecule has 1 aliphatic rings. The third-order valence-corrected chi connectivity index (χ3v) is 3.60. The number of hydrogen-bond donors (Lipinski definition) is 1. The topological polar surface area (TPSA) is 97.5 Å². The number of nitrogens with zero attached hydrogens (tertiary/aromatic N) is 4. The third-order valence-electron chi connectivity index (χ3n) is 3.60. The lowest BCUT2D eigenvalue weighted by Gasteiger charge is -2.34. The van der Waals surface area contributed by atoms with E-state index in [-0.39, 0.29) is 24.6 Å². The Bertz CT molecular complexity index is 701. The molecular formula is C15H16N4O4. The number of amides is 1. The first-order chi connectivity index (χ1) is 11.1. The standard InChI is InChI=1S/C15H16N4O4/c20-14(21)8-12-10-23-7-6-18(12)15(22)13-9-16-19(17-13)11-4-2-1-3-5-11/h1-5,9,12H,6-8,10H2,(H,20,21). The third kappa shape index (κ3) is 3.37. The molecule has 3 rings (SSSR count). The first kappa shape index (κ1) is 15.2. The molecule has 2 aromatic rings. The quantitative estimate of drug-likeness (QED) is 0.886. The van der Waals surface area contributed by atoms with Gasteiger partial charge in [-0.3, -0.25) is 9.59 Å². The van der Waals surface area contributed by atoms with Crippen LogP contribution in [0.3, 0.4) is 0 Å². The number of morpholine rings is 1. The summed E-state index contributed by atoms with van der Waals surface area (Å²) in [4.78, 5) is 26.4. The van der Waals surface area contributed by atoms with E-state index in [1.807, 2.05) is 30.3 Å². The number of benzene rings is 1. The molecule has 1 atom stereocenters. The van der Waals surface area contributed by atoms with Crippen LogP contribution in [0.5, 0.6) is 0 Å². The van der Waals surface area contributed by atoms with Gasteiger partial charge in [-0.2, -0.15) is 9.90 Å². The van der Waals surface area contributed by atoms with Crippen molar-refractivity contribution in [1.82, 2.24) is 19.9 Å². The molecule has 8 nitrogen and oxygen atoms in total. The van der Waals surface area contributed by atoms with E-state index in [1.54, 1.807) is 0 Å². The summed E-state index contributed by atoms with van der Waals surface area (Å²) >= 11 is 0. The lowest BCUT2D eigenvalue weighted by molar-refractivity contribution is -0.139. The van der Waals surface area contributed by atoms with Gasteiger partial charge in [-0.15, -0.1) is 5.10 Å². The van der Waals surface area contributed by atoms with E-state index < -0.39 is 12.0 Å². The number of para-hydroxylation sites is 1. The number of hydrogen-bond acceptors (Lipinski definition) is 5. The van der Waals surface area contributed by atoms with E-state index in [1.165, 1.54) is 15.9 Å². The molecule has 120 valence electrons. The van der Waals surface area contributed by atoms with Gasteiger partial charge in [-0.05, 0) is 12.1 Å². The van der Waals surface area contributed by atoms with E-state index in [0.29, 0.717) is 13.2 Å². The first-order valence-electron chi connectivity index (χ1n) is 7.23. The van der Waals surface area contributed by atoms with E-state index in [2.05, 4.69) is 10.2 Å². The van der Waals surface area contributed by atoms with Crippen molar-refractivity contribution in [2.45, 2.75) is 12.5 Å². The summed E-state index contributed by atoms with van der Waals surface area (Å²) in [5, 5.41) is 17.3. The fourth-order valence-electron chi connectivity index (χ4n) is 2.49. The fraction of sp³-hybridized carbons (Fsp3) is 0.333. The van der Waals surface area contributed by atoms with Crippen molar-refractivity contribution < 1.29 is 19.4 Å². The van der Waals surface area contributed by atoms with Gasteiger partial charge in [0.2, 0.25) is 0 Å². The SMILES string of the molecule is O=C(O)CC1COCCN1C(=O)c1cnn(-c2ccccc2)n1. The molecule has 1 unspecified atom stereocenters. The van der Waals surface area contributed by atoms with Crippen LogP contribution < -0.4 is 0 Å². The second-order valence-corrected chi connectivity index (χ2v) is 5.18. The molecule has 0 saturated carbocycles. The molecule has 1 amide bonds. The molecule has 23 heavy (non-hydrogen) atoms. The second-order valence-electron chi connectivity index (χ2n) is 5.18. The Morgan fingerprint density at radius 2 is 2.09 bits per heavy atom. The zero-order valence-electron chi connectivity index (χ0n) is 12.3. The van der Waals surface area contributed by atoms with Crippen LogP contribution in [-0.4, -0.2) is 62.7 Å². The molecule has 1 aromatic heterocycles. The summed E-state index contributed by atoms with van der Waals surface area (Å²) < 4.78 is 5.28. The maximum Gasteiger partial charge on any atom is 0.305 e. The maximum absolute atomic E-state index is 12.6. The smallest absolute Gasteiger partial charge is 0.305 e. The average Bonchev–Trinajstić information content (AvgIpc) is 3.05. The number of aromatic nitrogens is 3. The largest absolute Gasteiger partial charge is 0.481 e. The van der Waals surface area contributed by atoms with Gasteiger partial charge in [0.05, 0.1) is 37.6 Å². The number of carboxylic acid groups (broad SMARTS) is 1. The normalized spacial score (nSPS) is 17.9. The zero-order valence-corrected chi connectivity index (χ0v) is 12.3. The lowest BCUT2D eigenvalue weighted by Crippen LogP contribution is -2.49. The summed E-state index contributed by atoms with van der Waals surface area (Å²) in [6.45, 7) is 0.939. The van der Waals surface area contributed by atoms with Crippen molar-refractivity contribution in [3.8, 4) is 5.69 Å². The summed E-state index contributed by atoms with van der Waals surface area (Å²) in [7, 11) is 0. The first-order valence-corrected chi connectivity index (χ1v) is 7.23. The van der Waals surface area contributed by atoms with Gasteiger partial charge in [0, 0.05) is 6.54 Å². The van der Waals surface area contributed by atoms with Crippen molar-refractivity contribution in [1.29, 1.82) is 0 Å². The molecule has 0 radical (unpaired) electrons. The van der Waals surface area contributed by atoms with Crippen LogP contribution in [0.15, 0.2) is 36.5 Å². The van der Waals surface area contributed by atoms with Crippen LogP contribution in [0.2, 0.25) is 0 Å². The molecule has 1 aromatic carbocycles. The van der Waals surface area contributed by atoms with Crippen molar-refractivity contribution in [3.05, 3.63) is 42.2 Å². The molecule has 1 N–H and O–H groups in total. The Kier molecular flexibility index (Phi) is 4.33. The number of ether oxygens (including phenoxy) is 1. The van der Waals surface area contributed by atoms with Crippen LogP contribution >= 0.6 is 0 Å². The number of aliphatic carboxylic acids is 1. The van der Waals surface area contributed by atoms with E-state index in [0.717, 1.165) is 5.69 Å². The minimum absolute atomic E-state index is 0.154. The highest BCUT2D eigenvalue weighted by molar-refractivity contribution is 5.92. The molecule has 0 spiro atoms. The number of carbonyl (C=O) groups excluding carboxylic acids is 1. The van der Waals surface area contributed by atoms with Crippen LogP contribution in [0.25, 0.3) is 5.69 Å². The fourth-order valence-corrected chi connectivity index (χ4v) is 2.49. The number of rotatable bonds is 4. The van der Waals surface area contributed by atoms with E-state index >= 15 is 0 Å². The van der Waals surface area contributed by atoms with Crippen LogP contribution in [0.4, 0.5) is 0 Å². The van der Waals surface area contributed by atoms with E-state index in [9.17, 15) is 9.59 Å². The highest BCUT2D eigenvalue weighted by atomic mass is 16.5. The molecule has 1 aliphatic heterocycles. The lowest BCUT2D eigenvalue weighted by atomic mass is 10.1. The second kappa shape index (κ2) is 6.57. The molecular weight excluding hydrogens is 300 g/mol. The molecule has 8 heteroatoms. The Hall–Kier alpha value is -2.74. The van der Waals surface area contributed by atoms with Crippen molar-refractivity contribution in [2.24, 2.45) is 0 Å². The molecule has 0 bridgehead atoms. The monoisotopic (exact) mass is 316 g/mol. The number of carbonyl (C=O) groups is 2. The van der Waals surface area contributed by atoms with Crippen LogP contribution in [0, 0.1) is 0 Å².